The van der Waals surface area contributed by atoms with E-state index < -0.39 is 15.9 Å². The van der Waals surface area contributed by atoms with E-state index in [2.05, 4.69) is 17.2 Å². The van der Waals surface area contributed by atoms with E-state index in [0.717, 1.165) is 11.8 Å². The maximum atomic E-state index is 13.2. The maximum absolute atomic E-state index is 13.2. The van der Waals surface area contributed by atoms with Crippen LogP contribution in [0.5, 0.6) is 0 Å². The lowest BCUT2D eigenvalue weighted by atomic mass is 9.95. The smallest absolute Gasteiger partial charge is 0.276 e. The fraction of sp³-hybridized carbons (Fsp3) is 0.391. The van der Waals surface area contributed by atoms with Crippen LogP contribution in [-0.2, 0) is 21.2 Å². The van der Waals surface area contributed by atoms with E-state index in [1.54, 1.807) is 13.8 Å². The molecule has 2 aromatic rings. The molecule has 2 atom stereocenters. The van der Waals surface area contributed by atoms with Crippen LogP contribution in [0.15, 0.2) is 64.8 Å². The van der Waals surface area contributed by atoms with Gasteiger partial charge in [0.05, 0.1) is 5.56 Å². The average molecular weight is 460 g/mol. The third kappa shape index (κ3) is 5.46. The maximum Gasteiger partial charge on any atom is 0.276 e. The molecule has 0 aliphatic carbocycles. The SMILES string of the molecule is C=CC(=O)NC1CC(C)N(S(=O)(=O)c2cc(C(=O)NCCc3ccccc3)co2)C(C)C1. The van der Waals surface area contributed by atoms with Gasteiger partial charge >= 0.3 is 0 Å². The van der Waals surface area contributed by atoms with Gasteiger partial charge in [0.15, 0.2) is 0 Å². The van der Waals surface area contributed by atoms with Crippen molar-refractivity contribution in [2.24, 2.45) is 0 Å². The lowest BCUT2D eigenvalue weighted by Crippen LogP contribution is -2.54. The van der Waals surface area contributed by atoms with E-state index in [4.69, 9.17) is 4.42 Å². The number of furan rings is 1. The van der Waals surface area contributed by atoms with Crippen molar-refractivity contribution in [3.05, 3.63) is 66.4 Å². The Kier molecular flexibility index (Phi) is 7.52. The van der Waals surface area contributed by atoms with Crippen molar-refractivity contribution in [2.75, 3.05) is 6.54 Å². The van der Waals surface area contributed by atoms with Gasteiger partial charge in [-0.25, -0.2) is 8.42 Å². The van der Waals surface area contributed by atoms with Gasteiger partial charge in [0.1, 0.15) is 6.26 Å². The van der Waals surface area contributed by atoms with Gasteiger partial charge in [-0.1, -0.05) is 36.9 Å². The van der Waals surface area contributed by atoms with Gasteiger partial charge in [-0.05, 0) is 44.7 Å². The molecule has 2 N–H and O–H groups in total. The Bertz CT molecular complexity index is 1050. The van der Waals surface area contributed by atoms with Crippen molar-refractivity contribution in [1.82, 2.24) is 14.9 Å². The molecule has 0 bridgehead atoms. The average Bonchev–Trinajstić information content (AvgIpc) is 3.25. The van der Waals surface area contributed by atoms with E-state index in [-0.39, 0.29) is 34.7 Å². The third-order valence-electron chi connectivity index (χ3n) is 5.56. The molecule has 1 aliphatic heterocycles. The van der Waals surface area contributed by atoms with Gasteiger partial charge in [0, 0.05) is 30.7 Å². The van der Waals surface area contributed by atoms with Crippen LogP contribution in [0, 0.1) is 0 Å². The monoisotopic (exact) mass is 459 g/mol. The first-order valence-corrected chi connectivity index (χ1v) is 12.0. The Morgan fingerprint density at radius 2 is 1.84 bits per heavy atom. The minimum absolute atomic E-state index is 0.139. The number of hydrogen-bond acceptors (Lipinski definition) is 5. The van der Waals surface area contributed by atoms with Crippen LogP contribution in [0.1, 0.15) is 42.6 Å². The van der Waals surface area contributed by atoms with E-state index in [0.29, 0.717) is 25.8 Å². The number of amides is 2. The molecule has 3 rings (SSSR count). The van der Waals surface area contributed by atoms with Gasteiger partial charge in [0.2, 0.25) is 11.0 Å². The summed E-state index contributed by atoms with van der Waals surface area (Å²) in [4.78, 5) is 24.0. The summed E-state index contributed by atoms with van der Waals surface area (Å²) in [6, 6.07) is 10.2. The van der Waals surface area contributed by atoms with Crippen LogP contribution < -0.4 is 10.6 Å². The number of carbonyl (C=O) groups excluding carboxylic acids is 2. The topological polar surface area (TPSA) is 109 Å². The highest BCUT2D eigenvalue weighted by atomic mass is 32.2. The van der Waals surface area contributed by atoms with Crippen LogP contribution in [-0.4, -0.2) is 49.2 Å². The number of piperidine rings is 1. The number of carbonyl (C=O) groups is 2. The van der Waals surface area contributed by atoms with Crippen molar-refractivity contribution >= 4 is 21.8 Å². The Morgan fingerprint density at radius 3 is 2.47 bits per heavy atom. The fourth-order valence-electron chi connectivity index (χ4n) is 4.16. The number of nitrogens with one attached hydrogen (secondary N) is 2. The van der Waals surface area contributed by atoms with Crippen LogP contribution >= 0.6 is 0 Å². The molecule has 2 unspecified atom stereocenters. The molecule has 172 valence electrons. The van der Waals surface area contributed by atoms with E-state index in [1.165, 1.54) is 16.4 Å². The number of benzene rings is 1. The highest BCUT2D eigenvalue weighted by Gasteiger charge is 2.41. The summed E-state index contributed by atoms with van der Waals surface area (Å²) in [5.41, 5.74) is 1.25. The standard InChI is InChI=1S/C23H29N3O5S/c1-4-21(27)25-20-12-16(2)26(17(3)13-20)32(29,30)22-14-19(15-31-22)23(28)24-11-10-18-8-6-5-7-9-18/h4-9,14-17,20H,1,10-13H2,2-3H3,(H,24,28)(H,25,27). The van der Waals surface area contributed by atoms with Crippen molar-refractivity contribution in [3.63, 3.8) is 0 Å². The van der Waals surface area contributed by atoms with E-state index in [1.807, 2.05) is 30.3 Å². The zero-order valence-corrected chi connectivity index (χ0v) is 19.1. The minimum atomic E-state index is -3.94. The molecule has 0 radical (unpaired) electrons. The van der Waals surface area contributed by atoms with E-state index in [9.17, 15) is 18.0 Å². The second-order valence-corrected chi connectivity index (χ2v) is 9.83. The predicted octanol–water partition coefficient (Wildman–Crippen LogP) is 2.48. The number of rotatable bonds is 8. The summed E-state index contributed by atoms with van der Waals surface area (Å²) < 4.78 is 33.1. The summed E-state index contributed by atoms with van der Waals surface area (Å²) >= 11 is 0. The molecule has 1 aromatic carbocycles. The zero-order chi connectivity index (χ0) is 23.3. The molecule has 2 amide bonds. The molecule has 1 aromatic heterocycles. The summed E-state index contributed by atoms with van der Waals surface area (Å²) in [5.74, 6) is -0.669. The summed E-state index contributed by atoms with van der Waals surface area (Å²) in [6.45, 7) is 7.45. The van der Waals surface area contributed by atoms with Crippen molar-refractivity contribution in [3.8, 4) is 0 Å². The number of hydrogen-bond donors (Lipinski definition) is 2. The second kappa shape index (κ2) is 10.1. The van der Waals surface area contributed by atoms with Crippen LogP contribution in [0.3, 0.4) is 0 Å². The van der Waals surface area contributed by atoms with E-state index >= 15 is 0 Å². The van der Waals surface area contributed by atoms with Crippen molar-refractivity contribution in [1.29, 1.82) is 0 Å². The Hall–Kier alpha value is -2.91. The van der Waals surface area contributed by atoms with Crippen LogP contribution in [0.2, 0.25) is 0 Å². The molecule has 32 heavy (non-hydrogen) atoms. The zero-order valence-electron chi connectivity index (χ0n) is 18.3. The van der Waals surface area contributed by atoms with Gasteiger partial charge in [-0.2, -0.15) is 4.31 Å². The summed E-state index contributed by atoms with van der Waals surface area (Å²) in [7, 11) is -3.94. The third-order valence-corrected chi connectivity index (χ3v) is 7.56. The first-order valence-electron chi connectivity index (χ1n) is 10.6. The molecule has 1 fully saturated rings. The first-order chi connectivity index (χ1) is 15.2. The van der Waals surface area contributed by atoms with Gasteiger partial charge in [-0.3, -0.25) is 9.59 Å². The second-order valence-electron chi connectivity index (χ2n) is 8.06. The lowest BCUT2D eigenvalue weighted by Gasteiger charge is -2.41. The Balaban J connectivity index is 1.64. The fourth-order valence-corrected chi connectivity index (χ4v) is 5.93. The van der Waals surface area contributed by atoms with Gasteiger partial charge in [-0.15, -0.1) is 0 Å². The molecule has 8 nitrogen and oxygen atoms in total. The molecular weight excluding hydrogens is 430 g/mol. The minimum Gasteiger partial charge on any atom is -0.451 e. The lowest BCUT2D eigenvalue weighted by molar-refractivity contribution is -0.117. The molecule has 1 aliphatic rings. The largest absolute Gasteiger partial charge is 0.451 e. The quantitative estimate of drug-likeness (QED) is 0.590. The normalized spacial score (nSPS) is 21.6. The van der Waals surface area contributed by atoms with Gasteiger partial charge in [0.25, 0.3) is 15.9 Å². The van der Waals surface area contributed by atoms with Crippen LogP contribution in [0.25, 0.3) is 0 Å². The molecule has 2 heterocycles. The Morgan fingerprint density at radius 1 is 1.19 bits per heavy atom. The summed E-state index contributed by atoms with van der Waals surface area (Å²) in [5, 5.41) is 5.35. The predicted molar refractivity (Wildman–Crippen MR) is 120 cm³/mol. The first kappa shape index (κ1) is 23.7. The van der Waals surface area contributed by atoms with Crippen molar-refractivity contribution < 1.29 is 22.4 Å². The molecule has 9 heteroatoms. The molecule has 1 saturated heterocycles. The van der Waals surface area contributed by atoms with Crippen molar-refractivity contribution in [2.45, 2.75) is 56.3 Å². The van der Waals surface area contributed by atoms with Crippen LogP contribution in [0.4, 0.5) is 0 Å². The number of nitrogens with zero attached hydrogens (tertiary/aromatic N) is 1. The molecule has 0 saturated carbocycles. The molecular formula is C23H29N3O5S. The highest BCUT2D eigenvalue weighted by Crippen LogP contribution is 2.30. The Labute approximate surface area is 188 Å². The highest BCUT2D eigenvalue weighted by molar-refractivity contribution is 7.89. The number of sulfonamides is 1. The summed E-state index contributed by atoms with van der Waals surface area (Å²) in [6.07, 6.45) is 3.97. The van der Waals surface area contributed by atoms with Gasteiger partial charge < -0.3 is 15.1 Å². The molecule has 0 spiro atoms.